The minimum absolute atomic E-state index is 0.0278. The molecule has 0 unspecified atom stereocenters. The number of benzene rings is 2. The SMILES string of the molecule is CC(=O)N1CCC[C@@H](CC(=O)Nc2ccc3cc2CCc2cccc(c2)Nc2ncc(Cl)c(n2)N3)C1. The van der Waals surface area contributed by atoms with E-state index in [1.54, 1.807) is 13.1 Å². The van der Waals surface area contributed by atoms with Crippen molar-refractivity contribution in [2.45, 2.75) is 39.0 Å². The van der Waals surface area contributed by atoms with Crippen LogP contribution in [0.25, 0.3) is 0 Å². The van der Waals surface area contributed by atoms with E-state index in [9.17, 15) is 9.59 Å². The molecule has 6 bridgehead atoms. The third-order valence-electron chi connectivity index (χ3n) is 6.69. The van der Waals surface area contributed by atoms with E-state index in [0.717, 1.165) is 60.4 Å². The lowest BCUT2D eigenvalue weighted by molar-refractivity contribution is -0.131. The Balaban J connectivity index is 1.39. The number of nitrogens with one attached hydrogen (secondary N) is 3. The summed E-state index contributed by atoms with van der Waals surface area (Å²) in [6, 6.07) is 14.0. The first kappa shape index (κ1) is 24.1. The zero-order valence-corrected chi connectivity index (χ0v) is 20.9. The van der Waals surface area contributed by atoms with Crippen molar-refractivity contribution in [3.63, 3.8) is 0 Å². The summed E-state index contributed by atoms with van der Waals surface area (Å²) < 4.78 is 0. The molecule has 1 saturated heterocycles. The van der Waals surface area contributed by atoms with Gasteiger partial charge in [-0.25, -0.2) is 4.98 Å². The minimum atomic E-state index is -0.0278. The lowest BCUT2D eigenvalue weighted by Crippen LogP contribution is -2.39. The molecule has 36 heavy (non-hydrogen) atoms. The van der Waals surface area contributed by atoms with Gasteiger partial charge in [-0.05, 0) is 73.1 Å². The minimum Gasteiger partial charge on any atom is -0.343 e. The van der Waals surface area contributed by atoms with Gasteiger partial charge in [0.05, 0.1) is 6.20 Å². The second-order valence-electron chi connectivity index (χ2n) is 9.44. The molecule has 9 heteroatoms. The predicted octanol–water partition coefficient (Wildman–Crippen LogP) is 5.30. The summed E-state index contributed by atoms with van der Waals surface area (Å²) in [6.07, 6.45) is 5.40. The Hall–Kier alpha value is -3.65. The fourth-order valence-corrected chi connectivity index (χ4v) is 4.98. The van der Waals surface area contributed by atoms with E-state index in [2.05, 4.69) is 38.1 Å². The number of hydrogen-bond donors (Lipinski definition) is 3. The fourth-order valence-electron chi connectivity index (χ4n) is 4.85. The van der Waals surface area contributed by atoms with Crippen molar-refractivity contribution in [2.24, 2.45) is 5.92 Å². The number of carbonyl (C=O) groups is 2. The maximum Gasteiger partial charge on any atom is 0.229 e. The average Bonchev–Trinajstić information content (AvgIpc) is 2.86. The highest BCUT2D eigenvalue weighted by molar-refractivity contribution is 6.32. The molecule has 0 aliphatic carbocycles. The molecule has 8 nitrogen and oxygen atoms in total. The van der Waals surface area contributed by atoms with Crippen LogP contribution in [0.15, 0.2) is 48.7 Å². The Kier molecular flexibility index (Phi) is 7.04. The molecule has 3 heterocycles. The van der Waals surface area contributed by atoms with E-state index in [-0.39, 0.29) is 17.7 Å². The van der Waals surface area contributed by atoms with Crippen molar-refractivity contribution in [2.75, 3.05) is 29.0 Å². The number of aryl methyl sites for hydroxylation is 2. The van der Waals surface area contributed by atoms with E-state index in [0.29, 0.717) is 29.8 Å². The van der Waals surface area contributed by atoms with Gasteiger partial charge in [0.15, 0.2) is 5.82 Å². The van der Waals surface area contributed by atoms with E-state index >= 15 is 0 Å². The second kappa shape index (κ2) is 10.5. The number of rotatable bonds is 3. The monoisotopic (exact) mass is 504 g/mol. The normalized spacial score (nSPS) is 16.9. The molecule has 2 amide bonds. The van der Waals surface area contributed by atoms with Gasteiger partial charge in [0.2, 0.25) is 17.8 Å². The van der Waals surface area contributed by atoms with Crippen LogP contribution in [0.5, 0.6) is 0 Å². The summed E-state index contributed by atoms with van der Waals surface area (Å²) in [5.41, 5.74) is 4.70. The highest BCUT2D eigenvalue weighted by atomic mass is 35.5. The number of aromatic nitrogens is 2. The molecule has 0 radical (unpaired) electrons. The number of hydrogen-bond acceptors (Lipinski definition) is 6. The Morgan fingerprint density at radius 2 is 2.00 bits per heavy atom. The number of halogens is 1. The zero-order chi connectivity index (χ0) is 25.1. The molecular weight excluding hydrogens is 476 g/mol. The van der Waals surface area contributed by atoms with Crippen molar-refractivity contribution >= 4 is 52.2 Å². The first-order chi connectivity index (χ1) is 17.4. The molecule has 2 aliphatic rings. The number of carbonyl (C=O) groups excluding carboxylic acids is 2. The van der Waals surface area contributed by atoms with Crippen LogP contribution in [0.3, 0.4) is 0 Å². The predicted molar refractivity (Wildman–Crippen MR) is 142 cm³/mol. The van der Waals surface area contributed by atoms with Crippen LogP contribution in [0.4, 0.5) is 28.8 Å². The summed E-state index contributed by atoms with van der Waals surface area (Å²) in [7, 11) is 0. The summed E-state index contributed by atoms with van der Waals surface area (Å²) >= 11 is 6.36. The highest BCUT2D eigenvalue weighted by Crippen LogP contribution is 2.30. The molecule has 186 valence electrons. The van der Waals surface area contributed by atoms with Gasteiger partial charge < -0.3 is 20.9 Å². The van der Waals surface area contributed by atoms with E-state index in [1.807, 2.05) is 35.2 Å². The Bertz CT molecular complexity index is 1300. The topological polar surface area (TPSA) is 99.3 Å². The van der Waals surface area contributed by atoms with Crippen LogP contribution < -0.4 is 16.0 Å². The largest absolute Gasteiger partial charge is 0.343 e. The Morgan fingerprint density at radius 1 is 1.14 bits per heavy atom. The van der Waals surface area contributed by atoms with Crippen molar-refractivity contribution < 1.29 is 9.59 Å². The van der Waals surface area contributed by atoms with Gasteiger partial charge in [-0.3, -0.25) is 9.59 Å². The van der Waals surface area contributed by atoms with Crippen LogP contribution in [-0.2, 0) is 22.4 Å². The zero-order valence-electron chi connectivity index (χ0n) is 20.2. The number of anilines is 5. The molecule has 1 aromatic heterocycles. The van der Waals surface area contributed by atoms with E-state index < -0.39 is 0 Å². The molecule has 3 N–H and O–H groups in total. The van der Waals surface area contributed by atoms with Crippen LogP contribution in [0.2, 0.25) is 5.02 Å². The van der Waals surface area contributed by atoms with Crippen LogP contribution in [0, 0.1) is 5.92 Å². The smallest absolute Gasteiger partial charge is 0.229 e. The quantitative estimate of drug-likeness (QED) is 0.447. The number of fused-ring (bicyclic) bond motifs is 6. The average molecular weight is 505 g/mol. The molecular formula is C27H29ClN6O2. The lowest BCUT2D eigenvalue weighted by Gasteiger charge is -2.31. The van der Waals surface area contributed by atoms with Gasteiger partial charge in [-0.2, -0.15) is 4.98 Å². The summed E-state index contributed by atoms with van der Waals surface area (Å²) in [6.45, 7) is 3.01. The standard InChI is InChI=1S/C27H29ClN6O2/c1-17(35)34-11-3-5-19(16-34)13-25(36)32-24-10-9-22-14-20(24)8-7-18-4-2-6-21(12-18)31-27-29-15-23(28)26(30-22)33-27/h2,4,6,9-10,12,14-15,19H,3,5,7-8,11,13,16H2,1H3,(H,32,36)(H2,29,30,31,33)/t19-/m0/s1. The van der Waals surface area contributed by atoms with Gasteiger partial charge in [0.25, 0.3) is 0 Å². The third kappa shape index (κ3) is 5.76. The van der Waals surface area contributed by atoms with Crippen molar-refractivity contribution in [1.82, 2.24) is 14.9 Å². The van der Waals surface area contributed by atoms with Gasteiger partial charge in [0, 0.05) is 43.5 Å². The van der Waals surface area contributed by atoms with Gasteiger partial charge in [0.1, 0.15) is 5.02 Å². The highest BCUT2D eigenvalue weighted by Gasteiger charge is 2.24. The molecule has 5 rings (SSSR count). The number of nitrogens with zero attached hydrogens (tertiary/aromatic N) is 3. The Labute approximate surface area is 215 Å². The van der Waals surface area contributed by atoms with Gasteiger partial charge in [-0.1, -0.05) is 23.7 Å². The summed E-state index contributed by atoms with van der Waals surface area (Å²) in [5, 5.41) is 10.1. The summed E-state index contributed by atoms with van der Waals surface area (Å²) in [4.78, 5) is 35.4. The molecule has 0 spiro atoms. The van der Waals surface area contributed by atoms with E-state index in [4.69, 9.17) is 11.6 Å². The lowest BCUT2D eigenvalue weighted by atomic mass is 9.94. The maximum absolute atomic E-state index is 13.0. The number of amides is 2. The Morgan fingerprint density at radius 3 is 2.86 bits per heavy atom. The van der Waals surface area contributed by atoms with Gasteiger partial charge >= 0.3 is 0 Å². The van der Waals surface area contributed by atoms with Crippen LogP contribution in [0.1, 0.15) is 37.3 Å². The van der Waals surface area contributed by atoms with Gasteiger partial charge in [-0.15, -0.1) is 0 Å². The molecule has 0 saturated carbocycles. The first-order valence-corrected chi connectivity index (χ1v) is 12.6. The maximum atomic E-state index is 13.0. The second-order valence-corrected chi connectivity index (χ2v) is 9.85. The van der Waals surface area contributed by atoms with Crippen molar-refractivity contribution in [3.8, 4) is 0 Å². The molecule has 1 fully saturated rings. The molecule has 1 atom stereocenters. The summed E-state index contributed by atoms with van der Waals surface area (Å²) in [5.74, 6) is 1.18. The fraction of sp³-hybridized carbons (Fsp3) is 0.333. The molecule has 2 aliphatic heterocycles. The first-order valence-electron chi connectivity index (χ1n) is 12.3. The number of piperidine rings is 1. The van der Waals surface area contributed by atoms with E-state index in [1.165, 1.54) is 0 Å². The van der Waals surface area contributed by atoms with Crippen LogP contribution in [-0.4, -0.2) is 39.8 Å². The van der Waals surface area contributed by atoms with Crippen molar-refractivity contribution in [3.05, 3.63) is 64.8 Å². The third-order valence-corrected chi connectivity index (χ3v) is 6.97. The number of likely N-dealkylation sites (tertiary alicyclic amines) is 1. The van der Waals surface area contributed by atoms with Crippen molar-refractivity contribution in [1.29, 1.82) is 0 Å². The molecule has 2 aromatic carbocycles. The van der Waals surface area contributed by atoms with Crippen LogP contribution >= 0.6 is 11.6 Å². The molecule has 3 aromatic rings.